The zero-order valence-electron chi connectivity index (χ0n) is 11.1. The van der Waals surface area contributed by atoms with Crippen LogP contribution in [0.4, 0.5) is 0 Å². The predicted octanol–water partition coefficient (Wildman–Crippen LogP) is 1.27. The van der Waals surface area contributed by atoms with Crippen LogP contribution in [0.25, 0.3) is 0 Å². The normalized spacial score (nSPS) is 23.7. The fraction of sp³-hybridized carbons (Fsp3) is 0.429. The molecular formula is C14H16N2O3. The fourth-order valence-corrected chi connectivity index (χ4v) is 2.32. The van der Waals surface area contributed by atoms with Gasteiger partial charge in [0.1, 0.15) is 17.5 Å². The lowest BCUT2D eigenvalue weighted by Crippen LogP contribution is -2.57. The first kappa shape index (κ1) is 13.4. The van der Waals surface area contributed by atoms with Crippen molar-refractivity contribution < 1.29 is 14.6 Å². The van der Waals surface area contributed by atoms with Crippen LogP contribution in [-0.2, 0) is 4.79 Å². The summed E-state index contributed by atoms with van der Waals surface area (Å²) < 4.78 is 5.82. The summed E-state index contributed by atoms with van der Waals surface area (Å²) in [7, 11) is 0. The van der Waals surface area contributed by atoms with E-state index in [1.54, 1.807) is 32.0 Å². The number of hydrogen-bond acceptors (Lipinski definition) is 4. The number of rotatable bonds is 1. The van der Waals surface area contributed by atoms with Crippen molar-refractivity contribution in [1.29, 1.82) is 5.26 Å². The molecule has 2 N–H and O–H groups in total. The first-order valence-corrected chi connectivity index (χ1v) is 6.03. The first-order chi connectivity index (χ1) is 8.85. The minimum atomic E-state index is -0.907. The Balaban J connectivity index is 2.46. The van der Waals surface area contributed by atoms with Gasteiger partial charge in [-0.25, -0.2) is 0 Å². The average Bonchev–Trinajstić information content (AvgIpc) is 2.33. The Bertz CT molecular complexity index is 560. The molecule has 0 saturated heterocycles. The number of benzene rings is 1. The maximum atomic E-state index is 11.3. The molecule has 0 radical (unpaired) electrons. The quantitative estimate of drug-likeness (QED) is 0.796. The third-order valence-electron chi connectivity index (χ3n) is 3.25. The molecule has 0 unspecified atom stereocenters. The van der Waals surface area contributed by atoms with Crippen molar-refractivity contribution in [3.05, 3.63) is 29.3 Å². The molecule has 1 aliphatic rings. The number of carbonyl (C=O) groups excluding carboxylic acids is 1. The zero-order chi connectivity index (χ0) is 14.2. The van der Waals surface area contributed by atoms with Crippen molar-refractivity contribution in [3.63, 3.8) is 0 Å². The predicted molar refractivity (Wildman–Crippen MR) is 68.4 cm³/mol. The summed E-state index contributed by atoms with van der Waals surface area (Å²) in [5.41, 5.74) is 0.242. The first-order valence-electron chi connectivity index (χ1n) is 6.03. The molecule has 19 heavy (non-hydrogen) atoms. The number of hydrogen-bond donors (Lipinski definition) is 2. The van der Waals surface area contributed by atoms with Gasteiger partial charge in [-0.3, -0.25) is 4.79 Å². The molecule has 1 aromatic carbocycles. The van der Waals surface area contributed by atoms with Crippen LogP contribution in [0.3, 0.4) is 0 Å². The monoisotopic (exact) mass is 260 g/mol. The summed E-state index contributed by atoms with van der Waals surface area (Å²) in [5, 5.41) is 22.0. The number of nitrogens with zero attached hydrogens (tertiary/aromatic N) is 1. The van der Waals surface area contributed by atoms with Gasteiger partial charge in [0.15, 0.2) is 0 Å². The summed E-state index contributed by atoms with van der Waals surface area (Å²) in [6.07, 6.45) is -0.907. The third kappa shape index (κ3) is 2.40. The fourth-order valence-electron chi connectivity index (χ4n) is 2.32. The van der Waals surface area contributed by atoms with Crippen LogP contribution in [0.15, 0.2) is 18.2 Å². The number of amides is 1. The SMILES string of the molecule is CC(=O)N[C@@H]1[C@@H](O)c2cc(C#N)ccc2OC1(C)C. The molecule has 0 bridgehead atoms. The topological polar surface area (TPSA) is 82.4 Å². The van der Waals surface area contributed by atoms with Crippen molar-refractivity contribution >= 4 is 5.91 Å². The van der Waals surface area contributed by atoms with Crippen LogP contribution >= 0.6 is 0 Å². The number of carbonyl (C=O) groups is 1. The van der Waals surface area contributed by atoms with Crippen molar-refractivity contribution in [1.82, 2.24) is 5.32 Å². The van der Waals surface area contributed by atoms with E-state index >= 15 is 0 Å². The lowest BCUT2D eigenvalue weighted by molar-refractivity contribution is -0.124. The number of fused-ring (bicyclic) bond motifs is 1. The van der Waals surface area contributed by atoms with E-state index in [1.165, 1.54) is 6.92 Å². The Hall–Kier alpha value is -2.06. The maximum absolute atomic E-state index is 11.3. The van der Waals surface area contributed by atoms with Gasteiger partial charge in [-0.1, -0.05) is 0 Å². The van der Waals surface area contributed by atoms with Gasteiger partial charge >= 0.3 is 0 Å². The van der Waals surface area contributed by atoms with Gasteiger partial charge in [-0.15, -0.1) is 0 Å². The van der Waals surface area contributed by atoms with E-state index in [0.717, 1.165) is 0 Å². The Morgan fingerprint density at radius 2 is 2.21 bits per heavy atom. The second kappa shape index (κ2) is 4.56. The zero-order valence-corrected chi connectivity index (χ0v) is 11.1. The van der Waals surface area contributed by atoms with Gasteiger partial charge < -0.3 is 15.2 Å². The molecule has 0 aromatic heterocycles. The van der Waals surface area contributed by atoms with Crippen molar-refractivity contribution in [3.8, 4) is 11.8 Å². The van der Waals surface area contributed by atoms with Crippen molar-refractivity contribution in [2.75, 3.05) is 0 Å². The summed E-state index contributed by atoms with van der Waals surface area (Å²) >= 11 is 0. The molecule has 1 aliphatic heterocycles. The molecule has 2 rings (SSSR count). The van der Waals surface area contributed by atoms with Crippen LogP contribution in [0.2, 0.25) is 0 Å². The van der Waals surface area contributed by atoms with E-state index in [0.29, 0.717) is 16.9 Å². The van der Waals surface area contributed by atoms with Gasteiger partial charge in [-0.05, 0) is 32.0 Å². The molecule has 1 amide bonds. The van der Waals surface area contributed by atoms with Crippen LogP contribution in [-0.4, -0.2) is 22.7 Å². The van der Waals surface area contributed by atoms with Crippen molar-refractivity contribution in [2.24, 2.45) is 0 Å². The Labute approximate surface area is 111 Å². The van der Waals surface area contributed by atoms with Crippen molar-refractivity contribution in [2.45, 2.75) is 38.5 Å². The van der Waals surface area contributed by atoms with Gasteiger partial charge in [0.05, 0.1) is 17.7 Å². The van der Waals surface area contributed by atoms with E-state index in [4.69, 9.17) is 10.00 Å². The van der Waals surface area contributed by atoms with E-state index in [9.17, 15) is 9.90 Å². The van der Waals surface area contributed by atoms with Crippen LogP contribution in [0, 0.1) is 11.3 Å². The summed E-state index contributed by atoms with van der Waals surface area (Å²) in [5.74, 6) is 0.304. The van der Waals surface area contributed by atoms with E-state index in [-0.39, 0.29) is 5.91 Å². The van der Waals surface area contributed by atoms with Gasteiger partial charge in [-0.2, -0.15) is 5.26 Å². The second-order valence-electron chi connectivity index (χ2n) is 5.19. The Morgan fingerprint density at radius 1 is 1.53 bits per heavy atom. The summed E-state index contributed by atoms with van der Waals surface area (Å²) in [6.45, 7) is 5.00. The van der Waals surface area contributed by atoms with Gasteiger partial charge in [0.2, 0.25) is 5.91 Å². The third-order valence-corrected chi connectivity index (χ3v) is 3.25. The Morgan fingerprint density at radius 3 is 2.79 bits per heavy atom. The maximum Gasteiger partial charge on any atom is 0.217 e. The molecule has 5 nitrogen and oxygen atoms in total. The number of nitriles is 1. The molecule has 1 heterocycles. The molecule has 5 heteroatoms. The number of aliphatic hydroxyl groups is 1. The lowest BCUT2D eigenvalue weighted by Gasteiger charge is -2.43. The molecule has 2 atom stereocenters. The largest absolute Gasteiger partial charge is 0.485 e. The van der Waals surface area contributed by atoms with E-state index < -0.39 is 17.7 Å². The molecule has 0 fully saturated rings. The molecule has 0 aliphatic carbocycles. The van der Waals surface area contributed by atoms with Crippen LogP contribution in [0.1, 0.15) is 38.0 Å². The smallest absolute Gasteiger partial charge is 0.217 e. The second-order valence-corrected chi connectivity index (χ2v) is 5.19. The molecular weight excluding hydrogens is 244 g/mol. The standard InChI is InChI=1S/C14H16N2O3/c1-8(17)16-13-12(18)10-6-9(7-15)4-5-11(10)19-14(13,2)3/h4-6,12-13,18H,1-3H3,(H,16,17)/t12-,13+/m0/s1. The molecule has 1 aromatic rings. The molecule has 0 spiro atoms. The minimum absolute atomic E-state index is 0.236. The highest BCUT2D eigenvalue weighted by Gasteiger charge is 2.43. The highest BCUT2D eigenvalue weighted by Crippen LogP contribution is 2.40. The lowest BCUT2D eigenvalue weighted by atomic mass is 9.85. The minimum Gasteiger partial charge on any atom is -0.485 e. The molecule has 0 saturated carbocycles. The highest BCUT2D eigenvalue weighted by atomic mass is 16.5. The van der Waals surface area contributed by atoms with E-state index in [1.807, 2.05) is 6.07 Å². The summed E-state index contributed by atoms with van der Waals surface area (Å²) in [4.78, 5) is 11.3. The number of ether oxygens (including phenoxy) is 1. The number of aliphatic hydroxyl groups excluding tert-OH is 1. The van der Waals surface area contributed by atoms with Crippen LogP contribution in [0.5, 0.6) is 5.75 Å². The molecule has 100 valence electrons. The highest BCUT2D eigenvalue weighted by molar-refractivity contribution is 5.73. The van der Waals surface area contributed by atoms with E-state index in [2.05, 4.69) is 5.32 Å². The van der Waals surface area contributed by atoms with Crippen LogP contribution < -0.4 is 10.1 Å². The summed E-state index contributed by atoms with van der Waals surface area (Å²) in [6, 6.07) is 6.35. The number of nitrogens with one attached hydrogen (secondary N) is 1. The average molecular weight is 260 g/mol. The Kier molecular flexibility index (Phi) is 3.21. The van der Waals surface area contributed by atoms with Gasteiger partial charge in [0.25, 0.3) is 0 Å². The van der Waals surface area contributed by atoms with Gasteiger partial charge in [0, 0.05) is 12.5 Å².